The van der Waals surface area contributed by atoms with Crippen molar-refractivity contribution >= 4 is 58.0 Å². The van der Waals surface area contributed by atoms with Gasteiger partial charge >= 0.3 is 11.9 Å². The summed E-state index contributed by atoms with van der Waals surface area (Å²) in [5, 5.41) is 0. The third kappa shape index (κ3) is 3.02. The van der Waals surface area contributed by atoms with Crippen molar-refractivity contribution in [1.29, 1.82) is 0 Å². The van der Waals surface area contributed by atoms with E-state index in [4.69, 9.17) is 34.8 Å². The van der Waals surface area contributed by atoms with Gasteiger partial charge in [0.05, 0.1) is 25.3 Å². The quantitative estimate of drug-likeness (QED) is 0.466. The molecule has 23 heavy (non-hydrogen) atoms. The van der Waals surface area contributed by atoms with E-state index in [1.165, 1.54) is 16.7 Å². The van der Waals surface area contributed by atoms with Gasteiger partial charge < -0.3 is 13.9 Å². The molecule has 2 heterocycles. The second kappa shape index (κ2) is 6.39. The second-order valence-electron chi connectivity index (χ2n) is 4.36. The van der Waals surface area contributed by atoms with E-state index in [1.54, 1.807) is 12.1 Å². The molecule has 0 aromatic carbocycles. The normalized spacial score (nSPS) is 11.3. The molecule has 0 spiro atoms. The largest absolute Gasteiger partial charge is 0.465 e. The molecule has 6 nitrogen and oxygen atoms in total. The smallest absolute Gasteiger partial charge is 0.355 e. The van der Waals surface area contributed by atoms with Gasteiger partial charge in [0, 0.05) is 6.20 Å². The highest BCUT2D eigenvalue weighted by molar-refractivity contribution is 6.77. The lowest BCUT2D eigenvalue weighted by atomic mass is 10.1. The predicted octanol–water partition coefficient (Wildman–Crippen LogP) is 3.07. The monoisotopic (exact) mass is 377 g/mol. The average molecular weight is 379 g/mol. The number of hydrogen-bond acceptors (Lipinski definition) is 5. The van der Waals surface area contributed by atoms with Gasteiger partial charge in [-0.1, -0.05) is 40.9 Å². The van der Waals surface area contributed by atoms with Crippen LogP contribution in [-0.4, -0.2) is 40.1 Å². The van der Waals surface area contributed by atoms with Crippen molar-refractivity contribution in [2.45, 2.75) is 3.79 Å². The Morgan fingerprint density at radius 2 is 1.61 bits per heavy atom. The van der Waals surface area contributed by atoms with E-state index in [2.05, 4.69) is 9.47 Å². The Hall–Kier alpha value is -1.76. The molecule has 0 saturated carbocycles. The lowest BCUT2D eigenvalue weighted by Gasteiger charge is -2.10. The molecule has 0 radical (unpaired) electrons. The molecule has 0 amide bonds. The number of Topliss-reactive ketones (excluding diaryl/α,β-unsaturated/α-hetero) is 1. The van der Waals surface area contributed by atoms with Gasteiger partial charge in [-0.15, -0.1) is 0 Å². The topological polar surface area (TPSA) is 74.1 Å². The van der Waals surface area contributed by atoms with Crippen molar-refractivity contribution in [1.82, 2.24) is 4.40 Å². The number of ketones is 1. The van der Waals surface area contributed by atoms with Gasteiger partial charge in [-0.2, -0.15) is 0 Å². The van der Waals surface area contributed by atoms with Crippen LogP contribution in [0.1, 0.15) is 31.2 Å². The number of fused-ring (bicyclic) bond motifs is 1. The number of carbonyl (C=O) groups excluding carboxylic acids is 3. The van der Waals surface area contributed by atoms with Gasteiger partial charge in [0.2, 0.25) is 5.78 Å². The van der Waals surface area contributed by atoms with Gasteiger partial charge in [0.15, 0.2) is 0 Å². The number of methoxy groups -OCH3 is 2. The first kappa shape index (κ1) is 17.6. The van der Waals surface area contributed by atoms with Gasteiger partial charge in [-0.05, 0) is 12.1 Å². The molecule has 0 atom stereocenters. The molecular weight excluding hydrogens is 369 g/mol. The summed E-state index contributed by atoms with van der Waals surface area (Å²) in [7, 11) is 2.25. The number of ether oxygens (including phenoxy) is 2. The molecule has 0 bridgehead atoms. The van der Waals surface area contributed by atoms with Gasteiger partial charge in [0.25, 0.3) is 3.79 Å². The Morgan fingerprint density at radius 1 is 1.00 bits per heavy atom. The fraction of sp³-hybridized carbons (Fsp3) is 0.214. The van der Waals surface area contributed by atoms with E-state index in [-0.39, 0.29) is 22.3 Å². The summed E-state index contributed by atoms with van der Waals surface area (Å²) in [5.74, 6) is -2.72. The SMILES string of the molecule is COC(=O)c1c(C(=O)C(Cl)(Cl)Cl)c2ccccn2c1C(=O)OC. The molecule has 0 fully saturated rings. The summed E-state index contributed by atoms with van der Waals surface area (Å²) in [5.41, 5.74) is -0.517. The highest BCUT2D eigenvalue weighted by Crippen LogP contribution is 2.35. The summed E-state index contributed by atoms with van der Waals surface area (Å²) >= 11 is 17.0. The Labute approximate surface area is 145 Å². The second-order valence-corrected chi connectivity index (χ2v) is 6.65. The number of nitrogens with zero attached hydrogens (tertiary/aromatic N) is 1. The minimum absolute atomic E-state index is 0.187. The average Bonchev–Trinajstić information content (AvgIpc) is 2.86. The Morgan fingerprint density at radius 3 is 2.13 bits per heavy atom. The summed E-state index contributed by atoms with van der Waals surface area (Å²) < 4.78 is 8.34. The molecule has 0 aliphatic carbocycles. The molecule has 0 saturated heterocycles. The van der Waals surface area contributed by atoms with Crippen LogP contribution in [0.2, 0.25) is 0 Å². The maximum Gasteiger partial charge on any atom is 0.355 e. The minimum atomic E-state index is -2.31. The summed E-state index contributed by atoms with van der Waals surface area (Å²) in [4.78, 5) is 36.7. The molecule has 0 N–H and O–H groups in total. The fourth-order valence-electron chi connectivity index (χ4n) is 2.18. The molecule has 2 rings (SSSR count). The molecular formula is C14H10Cl3NO5. The van der Waals surface area contributed by atoms with Crippen LogP contribution in [0, 0.1) is 0 Å². The van der Waals surface area contributed by atoms with E-state index in [1.807, 2.05) is 0 Å². The van der Waals surface area contributed by atoms with E-state index in [0.29, 0.717) is 0 Å². The third-order valence-corrected chi connectivity index (χ3v) is 3.61. The van der Waals surface area contributed by atoms with Crippen LogP contribution < -0.4 is 0 Å². The van der Waals surface area contributed by atoms with Crippen LogP contribution in [0.3, 0.4) is 0 Å². The summed E-state index contributed by atoms with van der Waals surface area (Å²) in [6.45, 7) is 0. The Balaban J connectivity index is 2.97. The molecule has 2 aromatic heterocycles. The molecule has 0 aliphatic rings. The highest BCUT2D eigenvalue weighted by Gasteiger charge is 2.40. The van der Waals surface area contributed by atoms with E-state index >= 15 is 0 Å². The first-order valence-corrected chi connectivity index (χ1v) is 7.28. The van der Waals surface area contributed by atoms with E-state index in [9.17, 15) is 14.4 Å². The number of esters is 2. The van der Waals surface area contributed by atoms with Crippen molar-refractivity contribution in [3.8, 4) is 0 Å². The maximum atomic E-state index is 12.5. The van der Waals surface area contributed by atoms with Gasteiger partial charge in [0.1, 0.15) is 11.3 Å². The van der Waals surface area contributed by atoms with Crippen molar-refractivity contribution in [2.24, 2.45) is 0 Å². The first-order chi connectivity index (χ1) is 10.7. The fourth-order valence-corrected chi connectivity index (χ4v) is 2.46. The molecule has 0 aliphatic heterocycles. The number of rotatable bonds is 3. The number of halogens is 3. The van der Waals surface area contributed by atoms with E-state index in [0.717, 1.165) is 14.2 Å². The number of hydrogen-bond donors (Lipinski definition) is 0. The standard InChI is InChI=1S/C14H10Cl3NO5/c1-22-12(20)9-8(11(19)14(15,16)17)7-5-3-4-6-18(7)10(9)13(21)23-2/h3-6H,1-2H3. The summed E-state index contributed by atoms with van der Waals surface area (Å²) in [6, 6.07) is 4.71. The Kier molecular flexibility index (Phi) is 4.89. The number of carbonyl (C=O) groups is 3. The lowest BCUT2D eigenvalue weighted by molar-refractivity contribution is 0.0549. The molecule has 2 aromatic rings. The van der Waals surface area contributed by atoms with Crippen molar-refractivity contribution in [3.05, 3.63) is 41.2 Å². The lowest BCUT2D eigenvalue weighted by Crippen LogP contribution is -2.22. The van der Waals surface area contributed by atoms with Crippen LogP contribution in [0.5, 0.6) is 0 Å². The zero-order valence-corrected chi connectivity index (χ0v) is 14.2. The number of pyridine rings is 1. The van der Waals surface area contributed by atoms with Crippen LogP contribution >= 0.6 is 34.8 Å². The van der Waals surface area contributed by atoms with Crippen LogP contribution in [0.4, 0.5) is 0 Å². The zero-order valence-electron chi connectivity index (χ0n) is 11.9. The Bertz CT molecular complexity index is 807. The van der Waals surface area contributed by atoms with Gasteiger partial charge in [-0.3, -0.25) is 4.79 Å². The highest BCUT2D eigenvalue weighted by atomic mass is 35.6. The van der Waals surface area contributed by atoms with Crippen molar-refractivity contribution in [2.75, 3.05) is 14.2 Å². The van der Waals surface area contributed by atoms with Crippen LogP contribution in [0.15, 0.2) is 24.4 Å². The third-order valence-electron chi connectivity index (χ3n) is 3.10. The number of aromatic nitrogens is 1. The molecule has 9 heteroatoms. The first-order valence-electron chi connectivity index (χ1n) is 6.15. The molecule has 122 valence electrons. The minimum Gasteiger partial charge on any atom is -0.465 e. The maximum absolute atomic E-state index is 12.5. The van der Waals surface area contributed by atoms with Crippen molar-refractivity contribution in [3.63, 3.8) is 0 Å². The van der Waals surface area contributed by atoms with Crippen LogP contribution in [-0.2, 0) is 9.47 Å². The van der Waals surface area contributed by atoms with Crippen molar-refractivity contribution < 1.29 is 23.9 Å². The van der Waals surface area contributed by atoms with Crippen LogP contribution in [0.25, 0.3) is 5.52 Å². The zero-order chi connectivity index (χ0) is 17.4. The predicted molar refractivity (Wildman–Crippen MR) is 84.7 cm³/mol. The van der Waals surface area contributed by atoms with E-state index < -0.39 is 21.5 Å². The molecule has 0 unspecified atom stereocenters. The van der Waals surface area contributed by atoms with Gasteiger partial charge in [-0.25, -0.2) is 9.59 Å². The number of alkyl halides is 3. The summed E-state index contributed by atoms with van der Waals surface area (Å²) in [6.07, 6.45) is 1.48.